The van der Waals surface area contributed by atoms with Gasteiger partial charge in [0.1, 0.15) is 17.7 Å². The van der Waals surface area contributed by atoms with E-state index in [0.29, 0.717) is 5.56 Å². The highest BCUT2D eigenvalue weighted by Crippen LogP contribution is 2.27. The van der Waals surface area contributed by atoms with Gasteiger partial charge in [-0.2, -0.15) is 0 Å². The predicted octanol–water partition coefficient (Wildman–Crippen LogP) is 5.32. The number of rotatable bonds is 8. The Bertz CT molecular complexity index is 1050. The predicted molar refractivity (Wildman–Crippen MR) is 147 cm³/mol. The number of carbonyl (C=O) groups is 3. The van der Waals surface area contributed by atoms with Gasteiger partial charge in [-0.15, -0.1) is 0 Å². The molecule has 37 heavy (non-hydrogen) atoms. The highest BCUT2D eigenvalue weighted by atomic mass is 16.6. The first-order valence-electron chi connectivity index (χ1n) is 12.8. The smallest absolute Gasteiger partial charge is 0.408 e. The van der Waals surface area contributed by atoms with Crippen LogP contribution in [-0.4, -0.2) is 46.0 Å². The summed E-state index contributed by atoms with van der Waals surface area (Å²) >= 11 is 0. The van der Waals surface area contributed by atoms with Gasteiger partial charge in [-0.3, -0.25) is 9.59 Å². The SMILES string of the molecule is Cc1ccc(C(C(=O)NC(C)(C)C)N(C(=O)C(Cc2ccccc2)NC(=O)OC(C)(C)C)C(C)C)cc1. The zero-order chi connectivity index (χ0) is 28.0. The monoisotopic (exact) mass is 509 g/mol. The van der Waals surface area contributed by atoms with E-state index in [-0.39, 0.29) is 24.3 Å². The van der Waals surface area contributed by atoms with Crippen LogP contribution in [0.3, 0.4) is 0 Å². The van der Waals surface area contributed by atoms with Crippen molar-refractivity contribution in [3.05, 3.63) is 71.3 Å². The molecule has 202 valence electrons. The van der Waals surface area contributed by atoms with Crippen molar-refractivity contribution in [1.82, 2.24) is 15.5 Å². The highest BCUT2D eigenvalue weighted by Gasteiger charge is 2.38. The van der Waals surface area contributed by atoms with E-state index < -0.39 is 29.3 Å². The topological polar surface area (TPSA) is 87.7 Å². The number of hydrogen-bond acceptors (Lipinski definition) is 4. The van der Waals surface area contributed by atoms with E-state index in [2.05, 4.69) is 10.6 Å². The maximum Gasteiger partial charge on any atom is 0.408 e. The fourth-order valence-corrected chi connectivity index (χ4v) is 3.98. The molecule has 2 rings (SSSR count). The summed E-state index contributed by atoms with van der Waals surface area (Å²) in [6.45, 7) is 16.7. The minimum absolute atomic E-state index is 0.254. The molecule has 2 aromatic carbocycles. The van der Waals surface area contributed by atoms with Gasteiger partial charge in [0, 0.05) is 18.0 Å². The molecule has 2 unspecified atom stereocenters. The molecule has 0 heterocycles. The van der Waals surface area contributed by atoms with Crippen molar-refractivity contribution < 1.29 is 19.1 Å². The van der Waals surface area contributed by atoms with Crippen LogP contribution < -0.4 is 10.6 Å². The molecule has 2 aromatic rings. The Kier molecular flexibility index (Phi) is 9.90. The number of amides is 3. The molecule has 0 aliphatic carbocycles. The van der Waals surface area contributed by atoms with Crippen LogP contribution in [0.15, 0.2) is 54.6 Å². The molecule has 7 heteroatoms. The minimum atomic E-state index is -0.935. The van der Waals surface area contributed by atoms with E-state index in [1.807, 2.05) is 96.1 Å². The van der Waals surface area contributed by atoms with Crippen molar-refractivity contribution >= 4 is 17.9 Å². The van der Waals surface area contributed by atoms with Gasteiger partial charge in [0.05, 0.1) is 0 Å². The van der Waals surface area contributed by atoms with E-state index >= 15 is 0 Å². The van der Waals surface area contributed by atoms with Crippen molar-refractivity contribution in [2.75, 3.05) is 0 Å². The minimum Gasteiger partial charge on any atom is -0.444 e. The van der Waals surface area contributed by atoms with Crippen LogP contribution in [0.25, 0.3) is 0 Å². The summed E-state index contributed by atoms with van der Waals surface area (Å²) in [4.78, 5) is 42.2. The molecule has 0 aromatic heterocycles. The second-order valence-electron chi connectivity index (χ2n) is 11.8. The Labute approximate surface area is 222 Å². The number of ether oxygens (including phenoxy) is 1. The van der Waals surface area contributed by atoms with Gasteiger partial charge < -0.3 is 20.3 Å². The van der Waals surface area contributed by atoms with Gasteiger partial charge in [0.2, 0.25) is 11.8 Å². The van der Waals surface area contributed by atoms with Crippen LogP contribution in [-0.2, 0) is 20.7 Å². The Balaban J connectivity index is 2.54. The average molecular weight is 510 g/mol. The quantitative estimate of drug-likeness (QED) is 0.504. The van der Waals surface area contributed by atoms with E-state index in [9.17, 15) is 14.4 Å². The molecule has 0 radical (unpaired) electrons. The lowest BCUT2D eigenvalue weighted by atomic mass is 9.97. The van der Waals surface area contributed by atoms with E-state index in [4.69, 9.17) is 4.74 Å². The van der Waals surface area contributed by atoms with E-state index in [1.165, 1.54) is 0 Å². The first-order chi connectivity index (χ1) is 17.1. The normalized spacial score (nSPS) is 13.5. The Hall–Kier alpha value is -3.35. The zero-order valence-electron chi connectivity index (χ0n) is 23.7. The summed E-state index contributed by atoms with van der Waals surface area (Å²) in [5.74, 6) is -0.645. The van der Waals surface area contributed by atoms with Crippen LogP contribution in [0.1, 0.15) is 78.1 Å². The lowest BCUT2D eigenvalue weighted by Crippen LogP contribution is -2.57. The molecule has 2 N–H and O–H groups in total. The first-order valence-corrected chi connectivity index (χ1v) is 12.8. The summed E-state index contributed by atoms with van der Waals surface area (Å²) in [6, 6.07) is 14.9. The van der Waals surface area contributed by atoms with Crippen molar-refractivity contribution in [3.8, 4) is 0 Å². The second-order valence-corrected chi connectivity index (χ2v) is 11.8. The lowest BCUT2D eigenvalue weighted by molar-refractivity contribution is -0.145. The number of benzene rings is 2. The maximum absolute atomic E-state index is 14.2. The molecule has 0 spiro atoms. The first kappa shape index (κ1) is 29.9. The Morgan fingerprint density at radius 1 is 0.892 bits per heavy atom. The fraction of sp³-hybridized carbons (Fsp3) is 0.500. The standard InChI is InChI=1S/C30H43N3O4/c1-20(2)33(25(26(34)32-29(4,5)6)23-17-15-21(3)16-18-23)27(35)24(19-22-13-11-10-12-14-22)31-28(36)37-30(7,8)9/h10-18,20,24-25H,19H2,1-9H3,(H,31,36)(H,32,34). The number of alkyl carbamates (subject to hydrolysis) is 1. The molecule has 7 nitrogen and oxygen atoms in total. The number of hydrogen-bond donors (Lipinski definition) is 2. The van der Waals surface area contributed by atoms with Crippen LogP contribution in [0, 0.1) is 6.92 Å². The van der Waals surface area contributed by atoms with Crippen molar-refractivity contribution in [2.45, 2.75) is 98.0 Å². The summed E-state index contributed by atoms with van der Waals surface area (Å²) in [5, 5.41) is 5.81. The largest absolute Gasteiger partial charge is 0.444 e. The molecule has 0 aliphatic rings. The lowest BCUT2D eigenvalue weighted by Gasteiger charge is -2.38. The van der Waals surface area contributed by atoms with Crippen molar-refractivity contribution in [1.29, 1.82) is 0 Å². The van der Waals surface area contributed by atoms with E-state index in [0.717, 1.165) is 11.1 Å². The molecule has 0 bridgehead atoms. The summed E-state index contributed by atoms with van der Waals surface area (Å²) in [5.41, 5.74) is 1.41. The average Bonchev–Trinajstić information content (AvgIpc) is 2.75. The molecule has 0 saturated heterocycles. The number of nitrogens with one attached hydrogen (secondary N) is 2. The van der Waals surface area contributed by atoms with Crippen LogP contribution in [0.5, 0.6) is 0 Å². The van der Waals surface area contributed by atoms with Gasteiger partial charge in [0.25, 0.3) is 0 Å². The molecule has 0 aliphatic heterocycles. The molecular weight excluding hydrogens is 466 g/mol. The van der Waals surface area contributed by atoms with Gasteiger partial charge in [-0.05, 0) is 73.4 Å². The van der Waals surface area contributed by atoms with Gasteiger partial charge in [-0.25, -0.2) is 4.79 Å². The van der Waals surface area contributed by atoms with Crippen LogP contribution >= 0.6 is 0 Å². The Morgan fingerprint density at radius 2 is 1.46 bits per heavy atom. The number of aryl methyl sites for hydroxylation is 1. The molecule has 3 amide bonds. The zero-order valence-corrected chi connectivity index (χ0v) is 23.7. The third kappa shape index (κ3) is 9.56. The highest BCUT2D eigenvalue weighted by molar-refractivity contribution is 5.92. The summed E-state index contributed by atoms with van der Waals surface area (Å²) in [6.07, 6.45) is -0.430. The molecule has 0 saturated carbocycles. The molecule has 0 fully saturated rings. The molecular formula is C30H43N3O4. The van der Waals surface area contributed by atoms with Crippen molar-refractivity contribution in [3.63, 3.8) is 0 Å². The third-order valence-corrected chi connectivity index (χ3v) is 5.50. The maximum atomic E-state index is 14.2. The summed E-state index contributed by atoms with van der Waals surface area (Å²) in [7, 11) is 0. The third-order valence-electron chi connectivity index (χ3n) is 5.50. The Morgan fingerprint density at radius 3 is 1.95 bits per heavy atom. The van der Waals surface area contributed by atoms with Gasteiger partial charge in [-0.1, -0.05) is 60.2 Å². The van der Waals surface area contributed by atoms with Gasteiger partial charge in [0.15, 0.2) is 0 Å². The van der Waals surface area contributed by atoms with Crippen LogP contribution in [0.2, 0.25) is 0 Å². The number of nitrogens with zero attached hydrogens (tertiary/aromatic N) is 1. The summed E-state index contributed by atoms with van der Waals surface area (Å²) < 4.78 is 5.47. The second kappa shape index (κ2) is 12.3. The van der Waals surface area contributed by atoms with Gasteiger partial charge >= 0.3 is 6.09 Å². The fourth-order valence-electron chi connectivity index (χ4n) is 3.98. The van der Waals surface area contributed by atoms with Crippen molar-refractivity contribution in [2.24, 2.45) is 0 Å². The number of carbonyl (C=O) groups excluding carboxylic acids is 3. The van der Waals surface area contributed by atoms with Crippen LogP contribution in [0.4, 0.5) is 4.79 Å². The van der Waals surface area contributed by atoms with E-state index in [1.54, 1.807) is 25.7 Å². The molecule has 2 atom stereocenters.